The van der Waals surface area contributed by atoms with Gasteiger partial charge in [-0.25, -0.2) is 0 Å². The second-order valence-corrected chi connectivity index (χ2v) is 6.50. The summed E-state index contributed by atoms with van der Waals surface area (Å²) in [5.41, 5.74) is 2.49. The Morgan fingerprint density at radius 2 is 2.11 bits per heavy atom. The van der Waals surface area contributed by atoms with Crippen LogP contribution in [0.5, 0.6) is 0 Å². The molecule has 0 N–H and O–H groups in total. The lowest BCUT2D eigenvalue weighted by Gasteiger charge is -2.24. The van der Waals surface area contributed by atoms with Crippen molar-refractivity contribution in [1.82, 2.24) is 4.90 Å². The second kappa shape index (κ2) is 5.81. The van der Waals surface area contributed by atoms with E-state index in [0.29, 0.717) is 17.8 Å². The van der Waals surface area contributed by atoms with Crippen molar-refractivity contribution >= 4 is 33.2 Å². The van der Waals surface area contributed by atoms with E-state index in [1.807, 2.05) is 0 Å². The minimum Gasteiger partial charge on any atom is -0.369 e. The lowest BCUT2D eigenvalue weighted by molar-refractivity contribution is 0.266. The van der Waals surface area contributed by atoms with Crippen molar-refractivity contribution in [2.75, 3.05) is 32.1 Å². The van der Waals surface area contributed by atoms with E-state index in [-0.39, 0.29) is 0 Å². The highest BCUT2D eigenvalue weighted by Gasteiger charge is 2.31. The minimum atomic E-state index is 0.562. The fraction of sp³-hybridized carbons (Fsp3) is 0.571. The van der Waals surface area contributed by atoms with Crippen LogP contribution < -0.4 is 4.90 Å². The summed E-state index contributed by atoms with van der Waals surface area (Å²) in [6, 6.07) is 7.01. The molecular formula is C14H20BrClN2. The van der Waals surface area contributed by atoms with Gasteiger partial charge in [0.25, 0.3) is 0 Å². The molecule has 2 atom stereocenters. The molecule has 1 aliphatic rings. The number of nitrogens with zero attached hydrogens (tertiary/aromatic N) is 2. The smallest absolute Gasteiger partial charge is 0.0494 e. The fourth-order valence-electron chi connectivity index (χ4n) is 2.79. The van der Waals surface area contributed by atoms with E-state index in [4.69, 9.17) is 11.6 Å². The van der Waals surface area contributed by atoms with Gasteiger partial charge in [-0.05, 0) is 43.8 Å². The van der Waals surface area contributed by atoms with E-state index in [9.17, 15) is 0 Å². The first-order valence-electron chi connectivity index (χ1n) is 6.28. The van der Waals surface area contributed by atoms with Crippen LogP contribution in [0.4, 0.5) is 5.69 Å². The van der Waals surface area contributed by atoms with Crippen molar-refractivity contribution in [3.8, 4) is 0 Å². The Hall–Kier alpha value is -0.250. The number of anilines is 1. The molecule has 1 aromatic rings. The predicted molar refractivity (Wildman–Crippen MR) is 82.6 cm³/mol. The summed E-state index contributed by atoms with van der Waals surface area (Å²) in [6.07, 6.45) is 0. The van der Waals surface area contributed by atoms with Gasteiger partial charge in [-0.15, -0.1) is 11.6 Å². The maximum atomic E-state index is 6.06. The van der Waals surface area contributed by atoms with Gasteiger partial charge < -0.3 is 9.80 Å². The average Bonchev–Trinajstić information content (AvgIpc) is 2.71. The SMILES string of the molecule is CC1CN(c2ccc(Br)cc2CCl)CC1N(C)C. The summed E-state index contributed by atoms with van der Waals surface area (Å²) in [5.74, 6) is 1.25. The number of benzene rings is 1. The molecule has 0 aliphatic carbocycles. The van der Waals surface area contributed by atoms with Gasteiger partial charge in [-0.1, -0.05) is 22.9 Å². The molecule has 0 aromatic heterocycles. The normalized spacial score (nSPS) is 24.0. The van der Waals surface area contributed by atoms with Crippen LogP contribution in [0, 0.1) is 5.92 Å². The molecular weight excluding hydrogens is 312 g/mol. The van der Waals surface area contributed by atoms with E-state index in [1.165, 1.54) is 11.3 Å². The maximum Gasteiger partial charge on any atom is 0.0494 e. The summed E-state index contributed by atoms with van der Waals surface area (Å²) >= 11 is 9.57. The van der Waals surface area contributed by atoms with E-state index in [2.05, 4.69) is 64.9 Å². The quantitative estimate of drug-likeness (QED) is 0.781. The van der Waals surface area contributed by atoms with Gasteiger partial charge in [0.15, 0.2) is 0 Å². The Morgan fingerprint density at radius 3 is 2.67 bits per heavy atom. The lowest BCUT2D eigenvalue weighted by Crippen LogP contribution is -2.34. The lowest BCUT2D eigenvalue weighted by atomic mass is 10.1. The largest absolute Gasteiger partial charge is 0.369 e. The highest BCUT2D eigenvalue weighted by Crippen LogP contribution is 2.31. The third-order valence-electron chi connectivity index (χ3n) is 3.76. The Morgan fingerprint density at radius 1 is 1.39 bits per heavy atom. The van der Waals surface area contributed by atoms with Crippen LogP contribution in [0.1, 0.15) is 12.5 Å². The van der Waals surface area contributed by atoms with E-state index < -0.39 is 0 Å². The van der Waals surface area contributed by atoms with Crippen LogP contribution in [-0.4, -0.2) is 38.1 Å². The predicted octanol–water partition coefficient (Wildman–Crippen LogP) is 3.57. The first-order chi connectivity index (χ1) is 8.52. The van der Waals surface area contributed by atoms with Crippen LogP contribution in [-0.2, 0) is 5.88 Å². The van der Waals surface area contributed by atoms with Crippen LogP contribution in [0.2, 0.25) is 0 Å². The fourth-order valence-corrected chi connectivity index (χ4v) is 3.41. The molecule has 18 heavy (non-hydrogen) atoms. The molecule has 0 amide bonds. The molecule has 0 bridgehead atoms. The number of hydrogen-bond donors (Lipinski definition) is 0. The van der Waals surface area contributed by atoms with Gasteiger partial charge in [0.05, 0.1) is 0 Å². The molecule has 1 aliphatic heterocycles. The van der Waals surface area contributed by atoms with Gasteiger partial charge in [-0.2, -0.15) is 0 Å². The number of halogens is 2. The molecule has 2 nitrogen and oxygen atoms in total. The van der Waals surface area contributed by atoms with Crippen LogP contribution in [0.15, 0.2) is 22.7 Å². The van der Waals surface area contributed by atoms with Crippen molar-refractivity contribution in [3.05, 3.63) is 28.2 Å². The zero-order chi connectivity index (χ0) is 13.3. The van der Waals surface area contributed by atoms with Crippen LogP contribution in [0.3, 0.4) is 0 Å². The summed E-state index contributed by atoms with van der Waals surface area (Å²) < 4.78 is 1.10. The van der Waals surface area contributed by atoms with E-state index in [0.717, 1.165) is 17.6 Å². The molecule has 2 unspecified atom stereocenters. The number of likely N-dealkylation sites (N-methyl/N-ethyl adjacent to an activating group) is 1. The third kappa shape index (κ3) is 2.84. The summed E-state index contributed by atoms with van der Waals surface area (Å²) in [5, 5.41) is 0. The van der Waals surface area contributed by atoms with Crippen molar-refractivity contribution in [3.63, 3.8) is 0 Å². The Kier molecular flexibility index (Phi) is 4.57. The zero-order valence-corrected chi connectivity index (χ0v) is 13.5. The average molecular weight is 332 g/mol. The monoisotopic (exact) mass is 330 g/mol. The molecule has 1 fully saturated rings. The van der Waals surface area contributed by atoms with Gasteiger partial charge in [0.1, 0.15) is 0 Å². The molecule has 100 valence electrons. The van der Waals surface area contributed by atoms with Crippen LogP contribution >= 0.6 is 27.5 Å². The Bertz CT molecular complexity index is 422. The van der Waals surface area contributed by atoms with Crippen LogP contribution in [0.25, 0.3) is 0 Å². The summed E-state index contributed by atoms with van der Waals surface area (Å²) in [6.45, 7) is 4.51. The van der Waals surface area contributed by atoms with Crippen molar-refractivity contribution in [2.24, 2.45) is 5.92 Å². The standard InChI is InChI=1S/C14H20BrClN2/c1-10-8-18(9-14(10)17(2)3)13-5-4-12(15)6-11(13)7-16/h4-6,10,14H,7-9H2,1-3H3. The summed E-state index contributed by atoms with van der Waals surface area (Å²) in [7, 11) is 4.32. The summed E-state index contributed by atoms with van der Waals surface area (Å²) in [4.78, 5) is 4.78. The third-order valence-corrected chi connectivity index (χ3v) is 4.54. The van der Waals surface area contributed by atoms with E-state index >= 15 is 0 Å². The highest BCUT2D eigenvalue weighted by atomic mass is 79.9. The maximum absolute atomic E-state index is 6.06. The minimum absolute atomic E-state index is 0.562. The molecule has 0 spiro atoms. The Balaban J connectivity index is 2.23. The second-order valence-electron chi connectivity index (χ2n) is 5.32. The first-order valence-corrected chi connectivity index (χ1v) is 7.61. The van der Waals surface area contributed by atoms with Crippen molar-refractivity contribution < 1.29 is 0 Å². The van der Waals surface area contributed by atoms with E-state index in [1.54, 1.807) is 0 Å². The highest BCUT2D eigenvalue weighted by molar-refractivity contribution is 9.10. The van der Waals surface area contributed by atoms with Gasteiger partial charge in [0.2, 0.25) is 0 Å². The number of alkyl halides is 1. The van der Waals surface area contributed by atoms with Gasteiger partial charge >= 0.3 is 0 Å². The molecule has 4 heteroatoms. The van der Waals surface area contributed by atoms with Crippen molar-refractivity contribution in [1.29, 1.82) is 0 Å². The Labute approximate surface area is 123 Å². The first kappa shape index (κ1) is 14.2. The number of hydrogen-bond acceptors (Lipinski definition) is 2. The molecule has 1 heterocycles. The molecule has 2 rings (SSSR count). The molecule has 1 aromatic carbocycles. The van der Waals surface area contributed by atoms with Gasteiger partial charge in [0, 0.05) is 35.2 Å². The molecule has 0 radical (unpaired) electrons. The molecule has 1 saturated heterocycles. The van der Waals surface area contributed by atoms with Crippen molar-refractivity contribution in [2.45, 2.75) is 18.8 Å². The van der Waals surface area contributed by atoms with Gasteiger partial charge in [-0.3, -0.25) is 0 Å². The zero-order valence-electron chi connectivity index (χ0n) is 11.2. The number of rotatable bonds is 3. The topological polar surface area (TPSA) is 6.48 Å². The molecule has 0 saturated carbocycles.